The van der Waals surface area contributed by atoms with Gasteiger partial charge in [0.15, 0.2) is 0 Å². The molecule has 0 radical (unpaired) electrons. The first-order valence-corrected chi connectivity index (χ1v) is 48.6. The van der Waals surface area contributed by atoms with E-state index in [0.29, 0.717) is 60.4 Å². The molecule has 4 aliphatic rings. The maximum atomic E-state index is 13.4. The van der Waals surface area contributed by atoms with Crippen LogP contribution in [0.15, 0.2) is 243 Å². The minimum Gasteiger partial charge on any atom is -0.480 e. The van der Waals surface area contributed by atoms with Gasteiger partial charge in [0.2, 0.25) is 17.7 Å². The van der Waals surface area contributed by atoms with E-state index in [1.165, 1.54) is 44.9 Å². The molecule has 4 fully saturated rings. The Morgan fingerprint density at radius 1 is 0.361 bits per heavy atom. The van der Waals surface area contributed by atoms with E-state index in [1.54, 1.807) is 102 Å². The number of aliphatic hydroxyl groups excluding tert-OH is 8. The van der Waals surface area contributed by atoms with Crippen LogP contribution in [0.25, 0.3) is 0 Å². The molecule has 2 saturated carbocycles. The van der Waals surface area contributed by atoms with Gasteiger partial charge in [0, 0.05) is 24.9 Å². The molecule has 2 aliphatic heterocycles. The van der Waals surface area contributed by atoms with Gasteiger partial charge in [-0.1, -0.05) is 268 Å². The van der Waals surface area contributed by atoms with E-state index < -0.39 is 103 Å². The van der Waals surface area contributed by atoms with Crippen LogP contribution in [0, 0.1) is 35.5 Å². The first kappa shape index (κ1) is 113. The van der Waals surface area contributed by atoms with Crippen molar-refractivity contribution in [1.82, 2.24) is 25.8 Å². The minimum absolute atomic E-state index is 0.0356. The number of hydrogen-bond donors (Lipinski definition) is 13. The van der Waals surface area contributed by atoms with E-state index >= 15 is 0 Å². The second kappa shape index (κ2) is 61.9. The van der Waals surface area contributed by atoms with E-state index in [4.69, 9.17) is 66.7 Å². The fraction of sp³-hybridized carbons (Fsp3) is 0.491. The Bertz CT molecular complexity index is 4380. The number of likely N-dealkylation sites (tertiary alicyclic amines) is 2. The molecule has 23 nitrogen and oxygen atoms in total. The number of ether oxygens (including phenoxy) is 2. The topological polar surface area (TPSA) is 372 Å². The molecule has 2 heterocycles. The van der Waals surface area contributed by atoms with Crippen molar-refractivity contribution in [3.05, 3.63) is 287 Å². The van der Waals surface area contributed by atoms with Crippen LogP contribution in [-0.2, 0) is 54.3 Å². The number of halogens is 4. The molecule has 133 heavy (non-hydrogen) atoms. The maximum absolute atomic E-state index is 13.4. The summed E-state index contributed by atoms with van der Waals surface area (Å²) >= 11 is 19.1. The normalized spacial score (nSPS) is 19.9. The molecule has 2 aliphatic carbocycles. The lowest BCUT2D eigenvalue weighted by Crippen LogP contribution is -2.57. The fourth-order valence-electron chi connectivity index (χ4n) is 17.0. The van der Waals surface area contributed by atoms with Gasteiger partial charge in [-0.3, -0.25) is 24.2 Å². The van der Waals surface area contributed by atoms with Crippen LogP contribution in [0.5, 0.6) is 0 Å². The summed E-state index contributed by atoms with van der Waals surface area (Å²) in [7, 11) is 0. The van der Waals surface area contributed by atoms with Gasteiger partial charge in [0.1, 0.15) is 41.6 Å². The second-order valence-corrected chi connectivity index (χ2v) is 38.0. The lowest BCUT2D eigenvalue weighted by Gasteiger charge is -2.40. The van der Waals surface area contributed by atoms with Crippen molar-refractivity contribution in [3.8, 4) is 0 Å². The average Bonchev–Trinajstić information content (AvgIpc) is 0.825. The lowest BCUT2D eigenvalue weighted by molar-refractivity contribution is -0.145. The number of carboxylic acids is 1. The Hall–Kier alpha value is -9.02. The average molecular weight is 1920 g/mol. The number of amides is 5. The summed E-state index contributed by atoms with van der Waals surface area (Å²) in [6.07, 6.45) is 13.8. The maximum Gasteiger partial charge on any atom is 0.411 e. The number of carbonyl (C=O) groups is 6. The number of nitrogens with zero attached hydrogens (tertiary/aromatic N) is 2. The van der Waals surface area contributed by atoms with Gasteiger partial charge >= 0.3 is 18.2 Å². The third-order valence-corrected chi connectivity index (χ3v) is 24.2. The molecule has 0 spiro atoms. The monoisotopic (exact) mass is 1910 g/mol. The van der Waals surface area contributed by atoms with Crippen molar-refractivity contribution in [2.75, 3.05) is 50.2 Å². The highest BCUT2D eigenvalue weighted by atomic mass is 35.5. The van der Waals surface area contributed by atoms with Crippen molar-refractivity contribution in [2.24, 2.45) is 41.2 Å². The standard InChI is InChI=1S/C28H38N2O5.2C24H31NO3.C19H27NO4.C9H13NO2.2CH2Cl2/c1-28(2,3)35-27(34)30-17-16-21(15-14-20-10-6-4-7-11-20)18-24(30)26(33)29-23(19-31)25(32)22-12-8-5-9-13-22;2*26-17-22(23(27)20-11-5-2-6-12-20)25-24(28)21-13-7-10-19(16-21)15-14-18-8-3-1-4-9-18;1-19(2,3)24-18(23)20-12-11-15(13-16(20)17(21)22)10-9-14-7-5-4-6-8-14;10-8(6-11)9(12)7-4-2-1-3-5-7;2*2-1-3/h4-13,21,23-25,31-32H,14-19H2,1-3H3,(H,29,33);2*1-6,8-9,11-12,19,21-23,26-27H,7,10,13-17H2,(H,25,28);4-8,15-16H,9-13H2,1-3H3,(H,21,22);1-5,8-9,11-12H,6,10H2;2*1H2/t21?,23-,24?,25-;19-,21-,22+,23+;19-,21-,22-,23-;;8-,9-;;/m101.1../s1. The Kier molecular flexibility index (Phi) is 52.4. The molecule has 16 atom stereocenters. The summed E-state index contributed by atoms with van der Waals surface area (Å²) < 4.78 is 10.9. The van der Waals surface area contributed by atoms with E-state index in [9.17, 15) is 69.6 Å². The van der Waals surface area contributed by atoms with Crippen molar-refractivity contribution in [2.45, 2.75) is 242 Å². The number of piperidine rings is 2. The number of aliphatic hydroxyl groups is 8. The largest absolute Gasteiger partial charge is 0.480 e. The number of aliphatic carboxylic acids is 1. The third kappa shape index (κ3) is 42.0. The Morgan fingerprint density at radius 2 is 0.609 bits per heavy atom. The Labute approximate surface area is 807 Å². The molecular weight excluding hydrogens is 1770 g/mol. The number of alkyl halides is 4. The number of nitrogens with one attached hydrogen (secondary N) is 3. The quantitative estimate of drug-likeness (QED) is 0.0180. The molecule has 27 heteroatoms. The molecule has 8 aromatic rings. The first-order chi connectivity index (χ1) is 63.9. The van der Waals surface area contributed by atoms with Crippen molar-refractivity contribution < 1.29 is 84.2 Å². The number of hydrogen-bond acceptors (Lipinski definition) is 17. The highest BCUT2D eigenvalue weighted by Crippen LogP contribution is 2.37. The van der Waals surface area contributed by atoms with Crippen LogP contribution < -0.4 is 21.7 Å². The molecule has 2 saturated heterocycles. The highest BCUT2D eigenvalue weighted by Gasteiger charge is 2.42. The van der Waals surface area contributed by atoms with E-state index in [2.05, 4.69) is 88.7 Å². The zero-order valence-corrected chi connectivity index (χ0v) is 80.9. The molecule has 728 valence electrons. The minimum atomic E-state index is -1.07. The Morgan fingerprint density at radius 3 is 0.872 bits per heavy atom. The SMILES string of the molecule is CC(C)(C)OC(=O)N1CCC(CCc2ccccc2)CC1C(=O)N[C@H](CO)[C@H](O)c1ccccc1.CC(C)(C)OC(=O)N1CCC(CCc2ccccc2)CC1C(=O)O.ClCCl.ClCCl.N[C@H](CO)[C@H](O)c1ccccc1.O=C(N[C@H](CO)[C@H](O)c1ccccc1)[C@@H]1CCC[C@H](CCc2ccccc2)C1.O=C(N[C@H](CO)[C@H](O)c1ccccc1)[C@H]1CCC[C@@H](CCc2ccccc2)C1. The van der Waals surface area contributed by atoms with Gasteiger partial charge < -0.3 is 77.1 Å². The number of nitrogens with two attached hydrogens (primary N) is 1. The van der Waals surface area contributed by atoms with Gasteiger partial charge in [0.25, 0.3) is 0 Å². The number of aryl methyl sites for hydroxylation is 4. The number of carbonyl (C=O) groups excluding carboxylic acids is 5. The summed E-state index contributed by atoms with van der Waals surface area (Å²) in [5.41, 5.74) is 12.1. The van der Waals surface area contributed by atoms with E-state index in [-0.39, 0.29) is 60.1 Å². The van der Waals surface area contributed by atoms with Crippen LogP contribution in [-0.4, -0.2) is 189 Å². The third-order valence-electron chi connectivity index (χ3n) is 24.2. The van der Waals surface area contributed by atoms with Crippen LogP contribution in [0.3, 0.4) is 0 Å². The lowest BCUT2D eigenvalue weighted by atomic mass is 9.78. The van der Waals surface area contributed by atoms with Crippen LogP contribution in [0.2, 0.25) is 0 Å². The first-order valence-electron chi connectivity index (χ1n) is 46.5. The van der Waals surface area contributed by atoms with Crippen LogP contribution in [0.1, 0.15) is 213 Å². The van der Waals surface area contributed by atoms with Gasteiger partial charge in [-0.05, 0) is 212 Å². The van der Waals surface area contributed by atoms with Crippen LogP contribution >= 0.6 is 46.4 Å². The van der Waals surface area contributed by atoms with Gasteiger partial charge in [-0.25, -0.2) is 14.4 Å². The molecule has 5 amide bonds. The molecular formula is C106H144Cl4N6O17. The molecule has 12 rings (SSSR count). The summed E-state index contributed by atoms with van der Waals surface area (Å²) in [5, 5.41) is 97.7. The Balaban J connectivity index is 0.000000258. The van der Waals surface area contributed by atoms with Crippen molar-refractivity contribution >= 4 is 82.3 Å². The molecule has 8 aromatic carbocycles. The van der Waals surface area contributed by atoms with E-state index in [1.807, 2.05) is 109 Å². The van der Waals surface area contributed by atoms with E-state index in [0.717, 1.165) is 108 Å². The number of carboxylic acid groups (broad SMARTS) is 1. The zero-order valence-electron chi connectivity index (χ0n) is 77.9. The predicted octanol–water partition coefficient (Wildman–Crippen LogP) is 17.7. The molecule has 14 N–H and O–H groups in total. The fourth-order valence-corrected chi connectivity index (χ4v) is 17.0. The molecule has 4 unspecified atom stereocenters. The van der Waals surface area contributed by atoms with Gasteiger partial charge in [-0.15, -0.1) is 46.4 Å². The summed E-state index contributed by atoms with van der Waals surface area (Å²) in [6.45, 7) is 10.4. The highest BCUT2D eigenvalue weighted by molar-refractivity contribution is 6.41. The van der Waals surface area contributed by atoms with Crippen LogP contribution in [0.4, 0.5) is 9.59 Å². The number of benzene rings is 8. The summed E-state index contributed by atoms with van der Waals surface area (Å²) in [5.74, 6) is 0.170. The zero-order chi connectivity index (χ0) is 97.1. The molecule has 0 bridgehead atoms. The summed E-state index contributed by atoms with van der Waals surface area (Å²) in [6, 6.07) is 73.3. The number of rotatable bonds is 31. The summed E-state index contributed by atoms with van der Waals surface area (Å²) in [4.78, 5) is 78.7. The van der Waals surface area contributed by atoms with Gasteiger partial charge in [0.05, 0.1) is 67.4 Å². The second-order valence-electron chi connectivity index (χ2n) is 36.4. The molecule has 0 aromatic heterocycles. The smallest absolute Gasteiger partial charge is 0.411 e. The van der Waals surface area contributed by atoms with Gasteiger partial charge in [-0.2, -0.15) is 0 Å². The van der Waals surface area contributed by atoms with Crippen molar-refractivity contribution in [3.63, 3.8) is 0 Å². The predicted molar refractivity (Wildman–Crippen MR) is 527 cm³/mol. The van der Waals surface area contributed by atoms with Crippen molar-refractivity contribution in [1.29, 1.82) is 0 Å².